The molecule has 0 atom stereocenters. The zero-order valence-corrected chi connectivity index (χ0v) is 11.2. The molecule has 0 aromatic heterocycles. The van der Waals surface area contributed by atoms with E-state index in [4.69, 9.17) is 4.74 Å². The van der Waals surface area contributed by atoms with E-state index in [-0.39, 0.29) is 11.3 Å². The molecule has 18 heavy (non-hydrogen) atoms. The Kier molecular flexibility index (Phi) is 3.53. The minimum atomic E-state index is -0.805. The van der Waals surface area contributed by atoms with Crippen LogP contribution in [0, 0.1) is 19.7 Å². The Hall–Kier alpha value is -1.22. The van der Waals surface area contributed by atoms with Crippen LogP contribution in [-0.2, 0) is 4.74 Å². The highest BCUT2D eigenvalue weighted by Crippen LogP contribution is 2.36. The summed E-state index contributed by atoms with van der Waals surface area (Å²) in [6.45, 7) is 3.60. The second kappa shape index (κ2) is 4.81. The van der Waals surface area contributed by atoms with Gasteiger partial charge in [-0.15, -0.1) is 0 Å². The molecule has 0 bridgehead atoms. The van der Waals surface area contributed by atoms with Crippen molar-refractivity contribution in [3.05, 3.63) is 34.6 Å². The van der Waals surface area contributed by atoms with Crippen molar-refractivity contribution in [3.63, 3.8) is 0 Å². The second-order valence-corrected chi connectivity index (χ2v) is 5.17. The van der Waals surface area contributed by atoms with Gasteiger partial charge in [0.2, 0.25) is 0 Å². The van der Waals surface area contributed by atoms with Crippen molar-refractivity contribution in [2.24, 2.45) is 0 Å². The average Bonchev–Trinajstić information content (AvgIpc) is 2.77. The molecule has 2 rings (SSSR count). The van der Waals surface area contributed by atoms with Gasteiger partial charge >= 0.3 is 0 Å². The van der Waals surface area contributed by atoms with Crippen LogP contribution in [0.15, 0.2) is 12.1 Å². The van der Waals surface area contributed by atoms with E-state index in [1.54, 1.807) is 14.0 Å². The maximum absolute atomic E-state index is 14.0. The lowest BCUT2D eigenvalue weighted by Crippen LogP contribution is -2.38. The molecule has 0 N–H and O–H groups in total. The smallest absolute Gasteiger partial charge is 0.197 e. The molecule has 0 unspecified atom stereocenters. The topological polar surface area (TPSA) is 26.3 Å². The zero-order chi connectivity index (χ0) is 13.3. The molecule has 1 aliphatic carbocycles. The van der Waals surface area contributed by atoms with E-state index < -0.39 is 11.4 Å². The van der Waals surface area contributed by atoms with E-state index in [0.717, 1.165) is 18.4 Å². The summed E-state index contributed by atoms with van der Waals surface area (Å²) in [5.41, 5.74) is 0.922. The van der Waals surface area contributed by atoms with E-state index in [9.17, 15) is 9.18 Å². The summed E-state index contributed by atoms with van der Waals surface area (Å²) in [5, 5.41) is 0. The van der Waals surface area contributed by atoms with Gasteiger partial charge in [0, 0.05) is 7.11 Å². The highest BCUT2D eigenvalue weighted by Gasteiger charge is 2.43. The first-order valence-corrected chi connectivity index (χ1v) is 6.37. The third-order valence-corrected chi connectivity index (χ3v) is 3.87. The zero-order valence-electron chi connectivity index (χ0n) is 11.2. The minimum Gasteiger partial charge on any atom is -0.370 e. The first-order valence-electron chi connectivity index (χ1n) is 6.37. The number of rotatable bonds is 3. The Morgan fingerprint density at radius 1 is 1.28 bits per heavy atom. The van der Waals surface area contributed by atoms with Crippen LogP contribution in [0.1, 0.15) is 47.2 Å². The summed E-state index contributed by atoms with van der Waals surface area (Å²) in [6.07, 6.45) is 3.31. The molecule has 0 radical (unpaired) electrons. The number of hydrogen-bond donors (Lipinski definition) is 0. The fraction of sp³-hybridized carbons (Fsp3) is 0.533. The summed E-state index contributed by atoms with van der Waals surface area (Å²) in [5.74, 6) is -0.627. The van der Waals surface area contributed by atoms with Crippen molar-refractivity contribution in [3.8, 4) is 0 Å². The Morgan fingerprint density at radius 2 is 1.89 bits per heavy atom. The van der Waals surface area contributed by atoms with Gasteiger partial charge in [-0.1, -0.05) is 6.07 Å². The maximum atomic E-state index is 14.0. The number of halogens is 1. The van der Waals surface area contributed by atoms with E-state index >= 15 is 0 Å². The predicted octanol–water partition coefficient (Wildman–Crippen LogP) is 3.58. The quantitative estimate of drug-likeness (QED) is 0.766. The van der Waals surface area contributed by atoms with Gasteiger partial charge in [-0.2, -0.15) is 0 Å². The van der Waals surface area contributed by atoms with Crippen molar-refractivity contribution in [1.29, 1.82) is 0 Å². The molecule has 0 saturated heterocycles. The van der Waals surface area contributed by atoms with Crippen LogP contribution in [0.3, 0.4) is 0 Å². The SMILES string of the molecule is COC1(C(=O)c2c(C)cc(C)cc2F)CCCC1. The van der Waals surface area contributed by atoms with Crippen molar-refractivity contribution < 1.29 is 13.9 Å². The number of methoxy groups -OCH3 is 1. The molecule has 1 fully saturated rings. The highest BCUT2D eigenvalue weighted by molar-refractivity contribution is 6.04. The van der Waals surface area contributed by atoms with Gasteiger partial charge in [0.25, 0.3) is 0 Å². The molecule has 0 aliphatic heterocycles. The first kappa shape index (κ1) is 13.2. The number of ether oxygens (including phenoxy) is 1. The summed E-state index contributed by atoms with van der Waals surface area (Å²) in [4.78, 5) is 12.6. The third-order valence-electron chi connectivity index (χ3n) is 3.87. The Labute approximate surface area is 107 Å². The molecule has 1 aromatic rings. The summed E-state index contributed by atoms with van der Waals surface area (Å²) >= 11 is 0. The van der Waals surface area contributed by atoms with Crippen molar-refractivity contribution in [1.82, 2.24) is 0 Å². The number of carbonyl (C=O) groups is 1. The van der Waals surface area contributed by atoms with E-state index in [1.165, 1.54) is 6.07 Å². The largest absolute Gasteiger partial charge is 0.370 e. The fourth-order valence-electron chi connectivity index (χ4n) is 2.90. The van der Waals surface area contributed by atoms with Crippen LogP contribution in [0.4, 0.5) is 4.39 Å². The molecule has 2 nitrogen and oxygen atoms in total. The lowest BCUT2D eigenvalue weighted by molar-refractivity contribution is 0.00563. The van der Waals surface area contributed by atoms with Crippen molar-refractivity contribution in [2.75, 3.05) is 7.11 Å². The van der Waals surface area contributed by atoms with Gasteiger partial charge in [0.15, 0.2) is 5.78 Å². The van der Waals surface area contributed by atoms with Gasteiger partial charge in [-0.25, -0.2) is 4.39 Å². The van der Waals surface area contributed by atoms with Crippen LogP contribution in [0.25, 0.3) is 0 Å². The lowest BCUT2D eigenvalue weighted by atomic mass is 9.88. The number of carbonyl (C=O) groups excluding carboxylic acids is 1. The van der Waals surface area contributed by atoms with Gasteiger partial charge in [-0.05, 0) is 56.7 Å². The van der Waals surface area contributed by atoms with Crippen molar-refractivity contribution >= 4 is 5.78 Å². The summed E-state index contributed by atoms with van der Waals surface area (Å²) in [7, 11) is 1.55. The average molecular weight is 250 g/mol. The normalized spacial score (nSPS) is 18.0. The van der Waals surface area contributed by atoms with Crippen LogP contribution < -0.4 is 0 Å². The lowest BCUT2D eigenvalue weighted by Gasteiger charge is -2.26. The number of benzene rings is 1. The van der Waals surface area contributed by atoms with E-state index in [0.29, 0.717) is 18.4 Å². The molecule has 0 heterocycles. The van der Waals surface area contributed by atoms with Gasteiger partial charge in [-0.3, -0.25) is 4.79 Å². The van der Waals surface area contributed by atoms with Gasteiger partial charge in [0.05, 0.1) is 5.56 Å². The highest BCUT2D eigenvalue weighted by atomic mass is 19.1. The standard InChI is InChI=1S/C15H19FO2/c1-10-8-11(2)13(12(16)9-10)14(17)15(18-3)6-4-5-7-15/h8-9H,4-7H2,1-3H3. The second-order valence-electron chi connectivity index (χ2n) is 5.17. The molecule has 1 saturated carbocycles. The fourth-order valence-corrected chi connectivity index (χ4v) is 2.90. The molecule has 1 aromatic carbocycles. The Bertz CT molecular complexity index is 450. The van der Waals surface area contributed by atoms with E-state index in [2.05, 4.69) is 0 Å². The van der Waals surface area contributed by atoms with E-state index in [1.807, 2.05) is 13.0 Å². The Balaban J connectivity index is 2.46. The predicted molar refractivity (Wildman–Crippen MR) is 68.4 cm³/mol. The molecule has 1 aliphatic rings. The van der Waals surface area contributed by atoms with Crippen LogP contribution in [0.2, 0.25) is 0 Å². The molecule has 3 heteroatoms. The minimum absolute atomic E-state index is 0.197. The summed E-state index contributed by atoms with van der Waals surface area (Å²) < 4.78 is 19.5. The molecular formula is C15H19FO2. The first-order chi connectivity index (χ1) is 8.50. The summed E-state index contributed by atoms with van der Waals surface area (Å²) in [6, 6.07) is 3.26. The van der Waals surface area contributed by atoms with Gasteiger partial charge < -0.3 is 4.74 Å². The molecular weight excluding hydrogens is 231 g/mol. The monoisotopic (exact) mass is 250 g/mol. The maximum Gasteiger partial charge on any atom is 0.197 e. The van der Waals surface area contributed by atoms with Crippen LogP contribution in [-0.4, -0.2) is 18.5 Å². The third kappa shape index (κ3) is 2.07. The Morgan fingerprint density at radius 3 is 2.39 bits per heavy atom. The molecule has 0 spiro atoms. The number of hydrogen-bond acceptors (Lipinski definition) is 2. The number of Topliss-reactive ketones (excluding diaryl/α,β-unsaturated/α-hetero) is 1. The van der Waals surface area contributed by atoms with Crippen LogP contribution in [0.5, 0.6) is 0 Å². The van der Waals surface area contributed by atoms with Gasteiger partial charge in [0.1, 0.15) is 11.4 Å². The number of ketones is 1. The van der Waals surface area contributed by atoms with Crippen LogP contribution >= 0.6 is 0 Å². The molecule has 98 valence electrons. The van der Waals surface area contributed by atoms with Crippen molar-refractivity contribution in [2.45, 2.75) is 45.1 Å². The molecule has 0 amide bonds. The number of aryl methyl sites for hydroxylation is 2.